The van der Waals surface area contributed by atoms with Gasteiger partial charge in [0, 0.05) is 6.54 Å². The van der Waals surface area contributed by atoms with Gasteiger partial charge in [0.05, 0.1) is 4.91 Å². The molecule has 1 saturated heterocycles. The third kappa shape index (κ3) is 3.61. The minimum atomic E-state index is -0.0100. The molecule has 1 aromatic carbocycles. The van der Waals surface area contributed by atoms with Crippen LogP contribution in [0.2, 0.25) is 0 Å². The van der Waals surface area contributed by atoms with Crippen molar-refractivity contribution in [2.24, 2.45) is 0 Å². The van der Waals surface area contributed by atoms with E-state index in [9.17, 15) is 9.90 Å². The van der Waals surface area contributed by atoms with E-state index >= 15 is 0 Å². The summed E-state index contributed by atoms with van der Waals surface area (Å²) in [6, 6.07) is 6.76. The zero-order valence-electron chi connectivity index (χ0n) is 11.3. The average molecular weight is 307 g/mol. The Bertz CT molecular complexity index is 537. The molecule has 5 heteroatoms. The van der Waals surface area contributed by atoms with E-state index in [4.69, 9.17) is 12.2 Å². The average Bonchev–Trinajstić information content (AvgIpc) is 2.69. The summed E-state index contributed by atoms with van der Waals surface area (Å²) in [6.45, 7) is 2.83. The van der Waals surface area contributed by atoms with Crippen LogP contribution in [0, 0.1) is 0 Å². The minimum absolute atomic E-state index is 0.0100. The number of benzene rings is 1. The SMILES string of the molecule is CCCCCN1C(=O)/C(=C/c2ccc(O)cc2)SC1=S. The molecule has 1 aromatic rings. The van der Waals surface area contributed by atoms with E-state index in [0.29, 0.717) is 15.8 Å². The van der Waals surface area contributed by atoms with Crippen LogP contribution in [-0.4, -0.2) is 26.8 Å². The molecule has 1 fully saturated rings. The summed E-state index contributed by atoms with van der Waals surface area (Å²) in [7, 11) is 0. The molecular formula is C15H17NO2S2. The van der Waals surface area contributed by atoms with E-state index in [1.807, 2.05) is 6.08 Å². The molecule has 2 rings (SSSR count). The van der Waals surface area contributed by atoms with Gasteiger partial charge < -0.3 is 5.11 Å². The van der Waals surface area contributed by atoms with E-state index in [0.717, 1.165) is 24.8 Å². The minimum Gasteiger partial charge on any atom is -0.508 e. The highest BCUT2D eigenvalue weighted by Crippen LogP contribution is 2.32. The van der Waals surface area contributed by atoms with Crippen LogP contribution < -0.4 is 0 Å². The first kappa shape index (κ1) is 15.1. The Labute approximate surface area is 128 Å². The summed E-state index contributed by atoms with van der Waals surface area (Å²) >= 11 is 6.61. The third-order valence-electron chi connectivity index (χ3n) is 3.05. The fourth-order valence-electron chi connectivity index (χ4n) is 1.93. The molecule has 3 nitrogen and oxygen atoms in total. The summed E-state index contributed by atoms with van der Waals surface area (Å²) in [5.74, 6) is 0.207. The molecule has 0 aliphatic carbocycles. The molecule has 0 atom stereocenters. The molecule has 1 N–H and O–H groups in total. The molecule has 0 bridgehead atoms. The molecule has 0 radical (unpaired) electrons. The second-order valence-corrected chi connectivity index (χ2v) is 6.31. The van der Waals surface area contributed by atoms with E-state index in [1.54, 1.807) is 29.2 Å². The van der Waals surface area contributed by atoms with E-state index in [2.05, 4.69) is 6.92 Å². The standard InChI is InChI=1S/C15H17NO2S2/c1-2-3-4-9-16-14(18)13(20-15(16)19)10-11-5-7-12(17)8-6-11/h5-8,10,17H,2-4,9H2,1H3/b13-10-. The van der Waals surface area contributed by atoms with Crippen molar-refractivity contribution in [2.45, 2.75) is 26.2 Å². The summed E-state index contributed by atoms with van der Waals surface area (Å²) in [5.41, 5.74) is 0.886. The number of carbonyl (C=O) groups excluding carboxylic acids is 1. The number of hydrogen-bond acceptors (Lipinski definition) is 4. The molecule has 1 aliphatic rings. The van der Waals surface area contributed by atoms with Gasteiger partial charge in [-0.05, 0) is 30.2 Å². The van der Waals surface area contributed by atoms with Crippen molar-refractivity contribution < 1.29 is 9.90 Å². The fourth-order valence-corrected chi connectivity index (χ4v) is 3.24. The van der Waals surface area contributed by atoms with Gasteiger partial charge in [-0.2, -0.15) is 0 Å². The quantitative estimate of drug-likeness (QED) is 0.510. The third-order valence-corrected chi connectivity index (χ3v) is 4.43. The maximum absolute atomic E-state index is 12.3. The van der Waals surface area contributed by atoms with Crippen LogP contribution >= 0.6 is 24.0 Å². The summed E-state index contributed by atoms with van der Waals surface area (Å²) in [4.78, 5) is 14.6. The molecule has 0 spiro atoms. The summed E-state index contributed by atoms with van der Waals surface area (Å²) < 4.78 is 0.635. The number of carbonyl (C=O) groups is 1. The smallest absolute Gasteiger partial charge is 0.266 e. The predicted molar refractivity (Wildman–Crippen MR) is 87.5 cm³/mol. The van der Waals surface area contributed by atoms with Gasteiger partial charge in [-0.3, -0.25) is 9.69 Å². The lowest BCUT2D eigenvalue weighted by atomic mass is 10.2. The number of nitrogens with zero attached hydrogens (tertiary/aromatic N) is 1. The first-order chi connectivity index (χ1) is 9.61. The fraction of sp³-hybridized carbons (Fsp3) is 0.333. The van der Waals surface area contributed by atoms with Crippen LogP contribution in [0.1, 0.15) is 31.7 Å². The van der Waals surface area contributed by atoms with Crippen molar-refractivity contribution in [1.82, 2.24) is 4.90 Å². The number of thiocarbonyl (C=S) groups is 1. The molecule has 1 heterocycles. The molecule has 0 aromatic heterocycles. The first-order valence-corrected chi connectivity index (χ1v) is 7.88. The summed E-state index contributed by atoms with van der Waals surface area (Å²) in [5, 5.41) is 9.25. The van der Waals surface area contributed by atoms with Gasteiger partial charge in [-0.25, -0.2) is 0 Å². The molecule has 1 aliphatic heterocycles. The molecule has 0 saturated carbocycles. The topological polar surface area (TPSA) is 40.5 Å². The summed E-state index contributed by atoms with van der Waals surface area (Å²) in [6.07, 6.45) is 5.03. The molecule has 106 valence electrons. The zero-order chi connectivity index (χ0) is 14.5. The van der Waals surface area contributed by atoms with Gasteiger partial charge in [0.1, 0.15) is 10.1 Å². The van der Waals surface area contributed by atoms with Gasteiger partial charge in [0.2, 0.25) is 0 Å². The normalized spacial score (nSPS) is 17.2. The molecule has 0 unspecified atom stereocenters. The Kier molecular flexibility index (Phi) is 5.20. The first-order valence-electron chi connectivity index (χ1n) is 6.66. The van der Waals surface area contributed by atoms with E-state index in [-0.39, 0.29) is 11.7 Å². The highest BCUT2D eigenvalue weighted by Gasteiger charge is 2.31. The van der Waals surface area contributed by atoms with Gasteiger partial charge in [-0.15, -0.1) is 0 Å². The lowest BCUT2D eigenvalue weighted by Gasteiger charge is -2.13. The van der Waals surface area contributed by atoms with Crippen LogP contribution in [-0.2, 0) is 4.79 Å². The van der Waals surface area contributed by atoms with Crippen LogP contribution in [0.3, 0.4) is 0 Å². The number of rotatable bonds is 5. The number of unbranched alkanes of at least 4 members (excludes halogenated alkanes) is 2. The second kappa shape index (κ2) is 6.90. The van der Waals surface area contributed by atoms with Crippen molar-refractivity contribution in [3.63, 3.8) is 0 Å². The van der Waals surface area contributed by atoms with Gasteiger partial charge >= 0.3 is 0 Å². The number of hydrogen-bond donors (Lipinski definition) is 1. The predicted octanol–water partition coefficient (Wildman–Crippen LogP) is 3.78. The van der Waals surface area contributed by atoms with Crippen molar-refractivity contribution in [1.29, 1.82) is 0 Å². The Morgan fingerprint density at radius 1 is 1.30 bits per heavy atom. The van der Waals surface area contributed by atoms with Crippen molar-refractivity contribution in [3.05, 3.63) is 34.7 Å². The Balaban J connectivity index is 2.09. The lowest BCUT2D eigenvalue weighted by Crippen LogP contribution is -2.28. The Hall–Kier alpha value is -1.33. The van der Waals surface area contributed by atoms with Gasteiger partial charge in [0.15, 0.2) is 0 Å². The van der Waals surface area contributed by atoms with Gasteiger partial charge in [0.25, 0.3) is 5.91 Å². The molecular weight excluding hydrogens is 290 g/mol. The Morgan fingerprint density at radius 3 is 2.65 bits per heavy atom. The number of thioether (sulfide) groups is 1. The number of phenols is 1. The van der Waals surface area contributed by atoms with Crippen LogP contribution in [0.4, 0.5) is 0 Å². The van der Waals surface area contributed by atoms with Crippen LogP contribution in [0.5, 0.6) is 5.75 Å². The maximum Gasteiger partial charge on any atom is 0.266 e. The van der Waals surface area contributed by atoms with Crippen molar-refractivity contribution in [3.8, 4) is 5.75 Å². The lowest BCUT2D eigenvalue weighted by molar-refractivity contribution is -0.122. The van der Waals surface area contributed by atoms with Crippen LogP contribution in [0.15, 0.2) is 29.2 Å². The van der Waals surface area contributed by atoms with E-state index in [1.165, 1.54) is 11.8 Å². The van der Waals surface area contributed by atoms with Gasteiger partial charge in [-0.1, -0.05) is 55.9 Å². The number of amides is 1. The molecule has 20 heavy (non-hydrogen) atoms. The molecule has 1 amide bonds. The van der Waals surface area contributed by atoms with Crippen LogP contribution in [0.25, 0.3) is 6.08 Å². The van der Waals surface area contributed by atoms with Crippen molar-refractivity contribution >= 4 is 40.3 Å². The largest absolute Gasteiger partial charge is 0.508 e. The number of phenolic OH excluding ortho intramolecular Hbond substituents is 1. The number of aromatic hydroxyl groups is 1. The highest BCUT2D eigenvalue weighted by molar-refractivity contribution is 8.26. The van der Waals surface area contributed by atoms with Crippen molar-refractivity contribution in [2.75, 3.05) is 6.54 Å². The monoisotopic (exact) mass is 307 g/mol. The zero-order valence-corrected chi connectivity index (χ0v) is 13.0. The highest BCUT2D eigenvalue weighted by atomic mass is 32.2. The maximum atomic E-state index is 12.3. The second-order valence-electron chi connectivity index (χ2n) is 4.63. The Morgan fingerprint density at radius 2 is 2.00 bits per heavy atom. The van der Waals surface area contributed by atoms with E-state index < -0.39 is 0 Å².